The lowest BCUT2D eigenvalue weighted by Crippen LogP contribution is -2.49. The van der Waals surface area contributed by atoms with Gasteiger partial charge in [0.05, 0.1) is 11.4 Å². The molecule has 1 unspecified atom stereocenters. The molecule has 2 aromatic carbocycles. The number of terminal acetylenes is 1. The molecule has 1 atom stereocenters. The highest BCUT2D eigenvalue weighted by Gasteiger charge is 2.28. The number of benzene rings is 2. The maximum atomic E-state index is 13.0. The number of aryl methyl sites for hydroxylation is 1. The Bertz CT molecular complexity index is 1090. The molecular formula is C23H27N3O4S2. The summed E-state index contributed by atoms with van der Waals surface area (Å²) in [6, 6.07) is 12.2. The van der Waals surface area contributed by atoms with E-state index in [0.717, 1.165) is 5.56 Å². The molecule has 7 nitrogen and oxygen atoms in total. The SMILES string of the molecule is C#Cc1cccc(NC(=O)CN(C)C(=O)C(CCSC)NS(=O)(=O)c2ccc(C)cc2)c1. The molecule has 2 N–H and O–H groups in total. The molecule has 0 spiro atoms. The lowest BCUT2D eigenvalue weighted by atomic mass is 10.2. The molecule has 32 heavy (non-hydrogen) atoms. The molecule has 0 saturated heterocycles. The summed E-state index contributed by atoms with van der Waals surface area (Å²) in [5, 5.41) is 2.69. The van der Waals surface area contributed by atoms with Gasteiger partial charge in [-0.3, -0.25) is 9.59 Å². The van der Waals surface area contributed by atoms with Gasteiger partial charge in [-0.05, 0) is 55.7 Å². The van der Waals surface area contributed by atoms with Crippen LogP contribution in [0.15, 0.2) is 53.4 Å². The highest BCUT2D eigenvalue weighted by Crippen LogP contribution is 2.14. The quantitative estimate of drug-likeness (QED) is 0.517. The number of amides is 2. The lowest BCUT2D eigenvalue weighted by molar-refractivity contribution is -0.134. The minimum absolute atomic E-state index is 0.0823. The zero-order valence-corrected chi connectivity index (χ0v) is 19.9. The van der Waals surface area contributed by atoms with Crippen molar-refractivity contribution >= 4 is 39.3 Å². The minimum Gasteiger partial charge on any atom is -0.335 e. The van der Waals surface area contributed by atoms with Crippen LogP contribution in [0.25, 0.3) is 0 Å². The van der Waals surface area contributed by atoms with Crippen LogP contribution in [0.2, 0.25) is 0 Å². The maximum Gasteiger partial charge on any atom is 0.243 e. The van der Waals surface area contributed by atoms with E-state index in [1.54, 1.807) is 36.4 Å². The molecule has 0 fully saturated rings. The molecular weight excluding hydrogens is 446 g/mol. The topological polar surface area (TPSA) is 95.6 Å². The molecule has 0 bridgehead atoms. The van der Waals surface area contributed by atoms with Gasteiger partial charge in [0.25, 0.3) is 0 Å². The van der Waals surface area contributed by atoms with Crippen LogP contribution < -0.4 is 10.0 Å². The first-order valence-electron chi connectivity index (χ1n) is 9.85. The molecule has 170 valence electrons. The third kappa shape index (κ3) is 7.41. The molecule has 2 rings (SSSR count). The van der Waals surface area contributed by atoms with Crippen molar-refractivity contribution in [1.82, 2.24) is 9.62 Å². The molecule has 0 radical (unpaired) electrons. The number of carbonyl (C=O) groups excluding carboxylic acids is 2. The summed E-state index contributed by atoms with van der Waals surface area (Å²) < 4.78 is 28.1. The summed E-state index contributed by atoms with van der Waals surface area (Å²) in [5.74, 6) is 2.16. The van der Waals surface area contributed by atoms with Crippen LogP contribution in [-0.4, -0.2) is 56.8 Å². The van der Waals surface area contributed by atoms with Gasteiger partial charge in [0.1, 0.15) is 6.04 Å². The molecule has 0 aromatic heterocycles. The fraction of sp³-hybridized carbons (Fsp3) is 0.304. The lowest BCUT2D eigenvalue weighted by Gasteiger charge is -2.24. The van der Waals surface area contributed by atoms with E-state index in [1.165, 1.54) is 35.8 Å². The number of carbonyl (C=O) groups is 2. The van der Waals surface area contributed by atoms with E-state index >= 15 is 0 Å². The number of likely N-dealkylation sites (N-methyl/N-ethyl adjacent to an activating group) is 1. The highest BCUT2D eigenvalue weighted by molar-refractivity contribution is 7.98. The van der Waals surface area contributed by atoms with Crippen LogP contribution in [0.5, 0.6) is 0 Å². The summed E-state index contributed by atoms with van der Waals surface area (Å²) in [6.07, 6.45) is 7.54. The van der Waals surface area contributed by atoms with Gasteiger partial charge in [-0.2, -0.15) is 16.5 Å². The second-order valence-electron chi connectivity index (χ2n) is 7.24. The van der Waals surface area contributed by atoms with E-state index in [0.29, 0.717) is 23.4 Å². The van der Waals surface area contributed by atoms with Crippen molar-refractivity contribution in [2.24, 2.45) is 0 Å². The smallest absolute Gasteiger partial charge is 0.243 e. The molecule has 0 aliphatic rings. The first-order chi connectivity index (χ1) is 15.2. The number of hydrogen-bond acceptors (Lipinski definition) is 5. The number of nitrogens with one attached hydrogen (secondary N) is 2. The van der Waals surface area contributed by atoms with Crippen LogP contribution in [-0.2, 0) is 19.6 Å². The maximum absolute atomic E-state index is 13.0. The minimum atomic E-state index is -3.90. The largest absolute Gasteiger partial charge is 0.335 e. The number of anilines is 1. The summed E-state index contributed by atoms with van der Waals surface area (Å²) in [5.41, 5.74) is 2.07. The van der Waals surface area contributed by atoms with Crippen molar-refractivity contribution in [1.29, 1.82) is 0 Å². The monoisotopic (exact) mass is 473 g/mol. The van der Waals surface area contributed by atoms with E-state index in [9.17, 15) is 18.0 Å². The Morgan fingerprint density at radius 3 is 2.50 bits per heavy atom. The van der Waals surface area contributed by atoms with Gasteiger partial charge in [0.2, 0.25) is 21.8 Å². The second kappa shape index (κ2) is 11.7. The molecule has 2 amide bonds. The molecule has 0 saturated carbocycles. The van der Waals surface area contributed by atoms with E-state index in [-0.39, 0.29) is 11.4 Å². The molecule has 0 aliphatic carbocycles. The van der Waals surface area contributed by atoms with Gasteiger partial charge < -0.3 is 10.2 Å². The van der Waals surface area contributed by atoms with Gasteiger partial charge in [-0.1, -0.05) is 29.7 Å². The number of nitrogens with zero attached hydrogens (tertiary/aromatic N) is 1. The Balaban J connectivity index is 2.09. The fourth-order valence-corrected chi connectivity index (χ4v) is 4.58. The number of thioether (sulfide) groups is 1. The summed E-state index contributed by atoms with van der Waals surface area (Å²) in [7, 11) is -2.43. The van der Waals surface area contributed by atoms with E-state index in [1.807, 2.05) is 13.2 Å². The van der Waals surface area contributed by atoms with Crippen molar-refractivity contribution in [2.45, 2.75) is 24.3 Å². The van der Waals surface area contributed by atoms with E-state index < -0.39 is 27.9 Å². The van der Waals surface area contributed by atoms with Gasteiger partial charge in [-0.25, -0.2) is 8.42 Å². The number of hydrogen-bond donors (Lipinski definition) is 2. The predicted molar refractivity (Wildman–Crippen MR) is 129 cm³/mol. The van der Waals surface area contributed by atoms with Crippen LogP contribution in [0.3, 0.4) is 0 Å². The summed E-state index contributed by atoms with van der Waals surface area (Å²) in [6.45, 7) is 1.62. The summed E-state index contributed by atoms with van der Waals surface area (Å²) >= 11 is 1.50. The first-order valence-corrected chi connectivity index (χ1v) is 12.7. The van der Waals surface area contributed by atoms with Crippen LogP contribution >= 0.6 is 11.8 Å². The van der Waals surface area contributed by atoms with Crippen LogP contribution in [0.4, 0.5) is 5.69 Å². The Hall–Kier alpha value is -2.80. The summed E-state index contributed by atoms with van der Waals surface area (Å²) in [4.78, 5) is 26.7. The molecule has 0 heterocycles. The average Bonchev–Trinajstić information content (AvgIpc) is 2.76. The zero-order chi connectivity index (χ0) is 23.7. The highest BCUT2D eigenvalue weighted by atomic mass is 32.2. The van der Waals surface area contributed by atoms with Crippen molar-refractivity contribution in [2.75, 3.05) is 30.9 Å². The van der Waals surface area contributed by atoms with Crippen molar-refractivity contribution in [3.05, 3.63) is 59.7 Å². The van der Waals surface area contributed by atoms with E-state index in [2.05, 4.69) is 16.0 Å². The zero-order valence-electron chi connectivity index (χ0n) is 18.3. The average molecular weight is 474 g/mol. The number of sulfonamides is 1. The van der Waals surface area contributed by atoms with Gasteiger partial charge in [0.15, 0.2) is 0 Å². The Kier molecular flexibility index (Phi) is 9.32. The Labute approximate surface area is 194 Å². The molecule has 9 heteroatoms. The standard InChI is InChI=1S/C23H27N3O4S2/c1-5-18-7-6-8-19(15-18)24-22(27)16-26(3)23(28)21(13-14-31-4)25-32(29,30)20-11-9-17(2)10-12-20/h1,6-12,15,21,25H,13-14,16H2,2-4H3,(H,24,27). The van der Waals surface area contributed by atoms with Crippen molar-refractivity contribution < 1.29 is 18.0 Å². The predicted octanol–water partition coefficient (Wildman–Crippen LogP) is 2.47. The van der Waals surface area contributed by atoms with Crippen molar-refractivity contribution in [3.63, 3.8) is 0 Å². The Morgan fingerprint density at radius 1 is 1.19 bits per heavy atom. The van der Waals surface area contributed by atoms with Crippen LogP contribution in [0.1, 0.15) is 17.5 Å². The van der Waals surface area contributed by atoms with Crippen molar-refractivity contribution in [3.8, 4) is 12.3 Å². The molecule has 2 aromatic rings. The fourth-order valence-electron chi connectivity index (χ4n) is 2.89. The first kappa shape index (κ1) is 25.5. The van der Waals surface area contributed by atoms with E-state index in [4.69, 9.17) is 6.42 Å². The number of rotatable bonds is 10. The Morgan fingerprint density at radius 2 is 1.88 bits per heavy atom. The normalized spacial score (nSPS) is 11.9. The van der Waals surface area contributed by atoms with Crippen LogP contribution in [0, 0.1) is 19.3 Å². The third-order valence-electron chi connectivity index (χ3n) is 4.61. The second-order valence-corrected chi connectivity index (χ2v) is 9.94. The van der Waals surface area contributed by atoms with Gasteiger partial charge >= 0.3 is 0 Å². The van der Waals surface area contributed by atoms with Gasteiger partial charge in [0, 0.05) is 18.3 Å². The van der Waals surface area contributed by atoms with Gasteiger partial charge in [-0.15, -0.1) is 6.42 Å². The third-order valence-corrected chi connectivity index (χ3v) is 6.74. The molecule has 0 aliphatic heterocycles.